The van der Waals surface area contributed by atoms with Crippen LogP contribution in [0.25, 0.3) is 0 Å². The Labute approximate surface area is 114 Å². The van der Waals surface area contributed by atoms with Gasteiger partial charge in [-0.2, -0.15) is 0 Å². The van der Waals surface area contributed by atoms with Gasteiger partial charge in [0.25, 0.3) is 0 Å². The topological polar surface area (TPSA) is 34.1 Å². The van der Waals surface area contributed by atoms with Gasteiger partial charge in [0.2, 0.25) is 0 Å². The van der Waals surface area contributed by atoms with Crippen LogP contribution in [0.2, 0.25) is 0 Å². The Hall–Kier alpha value is -1.70. The van der Waals surface area contributed by atoms with Gasteiger partial charge >= 0.3 is 0 Å². The molecule has 1 atom stereocenters. The lowest BCUT2D eigenvalue weighted by molar-refractivity contribution is -0.132. The summed E-state index contributed by atoms with van der Waals surface area (Å²) in [6, 6.07) is 9.45. The van der Waals surface area contributed by atoms with E-state index in [9.17, 15) is 9.59 Å². The third-order valence-electron chi connectivity index (χ3n) is 4.07. The first-order chi connectivity index (χ1) is 8.95. The van der Waals surface area contributed by atoms with E-state index in [0.29, 0.717) is 19.3 Å². The van der Waals surface area contributed by atoms with E-state index >= 15 is 0 Å². The first-order valence-electron chi connectivity index (χ1n) is 6.70. The van der Waals surface area contributed by atoms with Crippen molar-refractivity contribution in [1.29, 1.82) is 0 Å². The van der Waals surface area contributed by atoms with Crippen molar-refractivity contribution in [2.75, 3.05) is 0 Å². The molecule has 0 heterocycles. The third-order valence-corrected chi connectivity index (χ3v) is 4.07. The number of carbonyl (C=O) groups is 2. The normalized spacial score (nSPS) is 25.6. The number of ketones is 2. The molecule has 1 unspecified atom stereocenters. The van der Waals surface area contributed by atoms with Gasteiger partial charge < -0.3 is 0 Å². The molecular weight excluding hydrogens is 236 g/mol. The van der Waals surface area contributed by atoms with Crippen molar-refractivity contribution in [2.24, 2.45) is 5.41 Å². The van der Waals surface area contributed by atoms with E-state index in [1.807, 2.05) is 44.2 Å². The van der Waals surface area contributed by atoms with Crippen molar-refractivity contribution >= 4 is 11.6 Å². The standard InChI is InChI=1S/C17H20O2/c1-4-5-11-17(13-9-7-6-8-10-13)14(18)12-16(2,3)15(17)19/h4,6-10H,1,5,11-12H2,2-3H3. The maximum atomic E-state index is 12.8. The van der Waals surface area contributed by atoms with E-state index < -0.39 is 10.8 Å². The van der Waals surface area contributed by atoms with Crippen LogP contribution in [0.15, 0.2) is 43.0 Å². The van der Waals surface area contributed by atoms with Gasteiger partial charge in [-0.25, -0.2) is 0 Å². The summed E-state index contributed by atoms with van der Waals surface area (Å²) in [5.41, 5.74) is -0.690. The highest BCUT2D eigenvalue weighted by molar-refractivity contribution is 6.20. The summed E-state index contributed by atoms with van der Waals surface area (Å²) in [6.07, 6.45) is 3.30. The fourth-order valence-electron chi connectivity index (χ4n) is 3.07. The Bertz CT molecular complexity index is 513. The zero-order chi connectivity index (χ0) is 14.1. The predicted octanol–water partition coefficient (Wildman–Crippen LogP) is 3.46. The van der Waals surface area contributed by atoms with Gasteiger partial charge in [0.1, 0.15) is 5.41 Å². The summed E-state index contributed by atoms with van der Waals surface area (Å²) in [5.74, 6) is 0.105. The number of rotatable bonds is 4. The highest BCUT2D eigenvalue weighted by Crippen LogP contribution is 2.47. The molecule has 0 spiro atoms. The van der Waals surface area contributed by atoms with Gasteiger partial charge in [-0.05, 0) is 18.4 Å². The lowest BCUT2D eigenvalue weighted by atomic mass is 9.71. The Morgan fingerprint density at radius 3 is 2.32 bits per heavy atom. The van der Waals surface area contributed by atoms with Crippen molar-refractivity contribution < 1.29 is 9.59 Å². The lowest BCUT2D eigenvalue weighted by Crippen LogP contribution is -2.40. The molecule has 2 nitrogen and oxygen atoms in total. The number of hydrogen-bond donors (Lipinski definition) is 0. The molecule has 2 rings (SSSR count). The van der Waals surface area contributed by atoms with Gasteiger partial charge in [-0.1, -0.05) is 50.3 Å². The minimum Gasteiger partial charge on any atom is -0.298 e. The van der Waals surface area contributed by atoms with Crippen LogP contribution in [0.1, 0.15) is 38.7 Å². The van der Waals surface area contributed by atoms with Crippen LogP contribution in [-0.4, -0.2) is 11.6 Å². The second-order valence-electron chi connectivity index (χ2n) is 5.91. The molecule has 0 bridgehead atoms. The van der Waals surface area contributed by atoms with Crippen molar-refractivity contribution in [3.8, 4) is 0 Å². The van der Waals surface area contributed by atoms with E-state index in [-0.39, 0.29) is 11.6 Å². The second-order valence-corrected chi connectivity index (χ2v) is 5.91. The van der Waals surface area contributed by atoms with E-state index in [1.165, 1.54) is 0 Å². The van der Waals surface area contributed by atoms with Gasteiger partial charge in [0.15, 0.2) is 11.6 Å². The Morgan fingerprint density at radius 2 is 1.84 bits per heavy atom. The molecule has 1 aromatic rings. The quantitative estimate of drug-likeness (QED) is 0.610. The summed E-state index contributed by atoms with van der Waals surface area (Å²) in [7, 11) is 0. The number of benzene rings is 1. The van der Waals surface area contributed by atoms with E-state index in [4.69, 9.17) is 0 Å². The first kappa shape index (κ1) is 13.7. The molecule has 19 heavy (non-hydrogen) atoms. The molecule has 1 fully saturated rings. The van der Waals surface area contributed by atoms with Gasteiger partial charge in [-0.15, -0.1) is 6.58 Å². The van der Waals surface area contributed by atoms with Crippen molar-refractivity contribution in [1.82, 2.24) is 0 Å². The van der Waals surface area contributed by atoms with E-state index in [1.54, 1.807) is 6.08 Å². The minimum absolute atomic E-state index is 0.0514. The van der Waals surface area contributed by atoms with Crippen LogP contribution in [0.5, 0.6) is 0 Å². The summed E-state index contributed by atoms with van der Waals surface area (Å²) < 4.78 is 0. The van der Waals surface area contributed by atoms with Crippen LogP contribution in [0.3, 0.4) is 0 Å². The monoisotopic (exact) mass is 256 g/mol. The number of allylic oxidation sites excluding steroid dienone is 1. The van der Waals surface area contributed by atoms with Crippen molar-refractivity contribution in [2.45, 2.75) is 38.5 Å². The molecular formula is C17H20O2. The molecule has 1 aromatic carbocycles. The van der Waals surface area contributed by atoms with Crippen LogP contribution < -0.4 is 0 Å². The summed E-state index contributed by atoms with van der Waals surface area (Å²) in [6.45, 7) is 7.44. The number of hydrogen-bond acceptors (Lipinski definition) is 2. The third kappa shape index (κ3) is 2.05. The zero-order valence-electron chi connectivity index (χ0n) is 11.6. The maximum Gasteiger partial charge on any atom is 0.156 e. The molecule has 0 radical (unpaired) electrons. The number of Topliss-reactive ketones (excluding diaryl/α,β-unsaturated/α-hetero) is 2. The average Bonchev–Trinajstić information content (AvgIpc) is 2.56. The summed E-state index contributed by atoms with van der Waals surface area (Å²) in [4.78, 5) is 25.4. The van der Waals surface area contributed by atoms with Crippen molar-refractivity contribution in [3.05, 3.63) is 48.6 Å². The first-order valence-corrected chi connectivity index (χ1v) is 6.70. The van der Waals surface area contributed by atoms with Crippen LogP contribution in [0, 0.1) is 5.41 Å². The molecule has 1 saturated carbocycles. The summed E-state index contributed by atoms with van der Waals surface area (Å²) in [5, 5.41) is 0. The molecule has 100 valence electrons. The predicted molar refractivity (Wildman–Crippen MR) is 76.0 cm³/mol. The Kier molecular flexibility index (Phi) is 3.44. The molecule has 0 aromatic heterocycles. The smallest absolute Gasteiger partial charge is 0.156 e. The van der Waals surface area contributed by atoms with Crippen LogP contribution >= 0.6 is 0 Å². The highest BCUT2D eigenvalue weighted by Gasteiger charge is 2.58. The average molecular weight is 256 g/mol. The molecule has 1 aliphatic rings. The lowest BCUT2D eigenvalue weighted by Gasteiger charge is -2.28. The molecule has 0 saturated heterocycles. The fourth-order valence-corrected chi connectivity index (χ4v) is 3.07. The van der Waals surface area contributed by atoms with Crippen LogP contribution in [0.4, 0.5) is 0 Å². The molecule has 0 aliphatic heterocycles. The molecule has 0 amide bonds. The second kappa shape index (κ2) is 4.76. The van der Waals surface area contributed by atoms with Gasteiger partial charge in [0, 0.05) is 11.8 Å². The largest absolute Gasteiger partial charge is 0.298 e. The summed E-state index contributed by atoms with van der Waals surface area (Å²) >= 11 is 0. The highest BCUT2D eigenvalue weighted by atomic mass is 16.2. The molecule has 1 aliphatic carbocycles. The zero-order valence-corrected chi connectivity index (χ0v) is 11.6. The van der Waals surface area contributed by atoms with Gasteiger partial charge in [0.05, 0.1) is 0 Å². The van der Waals surface area contributed by atoms with E-state index in [0.717, 1.165) is 5.56 Å². The fraction of sp³-hybridized carbons (Fsp3) is 0.412. The maximum absolute atomic E-state index is 12.8. The SMILES string of the molecule is C=CCCC1(c2ccccc2)C(=O)CC(C)(C)C1=O. The molecule has 2 heteroatoms. The van der Waals surface area contributed by atoms with Gasteiger partial charge in [-0.3, -0.25) is 9.59 Å². The Balaban J connectivity index is 2.56. The number of carbonyl (C=O) groups excluding carboxylic acids is 2. The van der Waals surface area contributed by atoms with Crippen molar-refractivity contribution in [3.63, 3.8) is 0 Å². The minimum atomic E-state index is -0.959. The van der Waals surface area contributed by atoms with Crippen LogP contribution in [-0.2, 0) is 15.0 Å². The van der Waals surface area contributed by atoms with E-state index in [2.05, 4.69) is 6.58 Å². The molecule has 0 N–H and O–H groups in total. The Morgan fingerprint density at radius 1 is 1.21 bits per heavy atom.